The number of rotatable bonds is 0. The minimum atomic E-state index is 0.189. The molecule has 1 saturated carbocycles. The number of nitrogens with one attached hydrogen (secondary N) is 1. The van der Waals surface area contributed by atoms with Gasteiger partial charge in [-0.05, 0) is 31.1 Å². The second-order valence-corrected chi connectivity index (χ2v) is 5.30. The van der Waals surface area contributed by atoms with Crippen LogP contribution in [0.25, 0.3) is 0 Å². The fourth-order valence-corrected chi connectivity index (χ4v) is 3.60. The van der Waals surface area contributed by atoms with Gasteiger partial charge in [0.25, 0.3) is 0 Å². The van der Waals surface area contributed by atoms with Crippen LogP contribution in [0, 0.1) is 17.8 Å². The topological polar surface area (TPSA) is 29.1 Å². The van der Waals surface area contributed by atoms with Gasteiger partial charge in [0.05, 0.1) is 0 Å². The van der Waals surface area contributed by atoms with Crippen molar-refractivity contribution in [3.63, 3.8) is 0 Å². The van der Waals surface area contributed by atoms with Gasteiger partial charge in [-0.1, -0.05) is 37.1 Å². The van der Waals surface area contributed by atoms with E-state index in [2.05, 4.69) is 29.6 Å². The third kappa shape index (κ3) is 1.60. The van der Waals surface area contributed by atoms with Gasteiger partial charge in [0.1, 0.15) is 0 Å². The van der Waals surface area contributed by atoms with Crippen molar-refractivity contribution in [2.45, 2.75) is 38.1 Å². The van der Waals surface area contributed by atoms with E-state index in [4.69, 9.17) is 0 Å². The summed E-state index contributed by atoms with van der Waals surface area (Å²) in [6, 6.07) is 0.449. The molecule has 86 valence electrons. The molecule has 2 aliphatic carbocycles. The van der Waals surface area contributed by atoms with Crippen molar-refractivity contribution in [1.82, 2.24) is 5.32 Å². The molecule has 0 bridgehead atoms. The van der Waals surface area contributed by atoms with Crippen molar-refractivity contribution in [1.29, 1.82) is 0 Å². The van der Waals surface area contributed by atoms with Gasteiger partial charge in [0.2, 0.25) is 5.91 Å². The maximum atomic E-state index is 12.1. The lowest BCUT2D eigenvalue weighted by Crippen LogP contribution is -2.54. The Morgan fingerprint density at radius 1 is 1.19 bits per heavy atom. The average Bonchev–Trinajstić information content (AvgIpc) is 2.55. The fourth-order valence-electron chi connectivity index (χ4n) is 3.60. The van der Waals surface area contributed by atoms with Crippen LogP contribution in [0.2, 0.25) is 0 Å². The number of allylic oxidation sites excluding steroid dienone is 4. The minimum Gasteiger partial charge on any atom is -0.353 e. The zero-order chi connectivity index (χ0) is 11.0. The van der Waals surface area contributed by atoms with Gasteiger partial charge in [-0.2, -0.15) is 0 Å². The Kier molecular flexibility index (Phi) is 2.58. The molecule has 4 unspecified atom stereocenters. The lowest BCUT2D eigenvalue weighted by Gasteiger charge is -2.44. The van der Waals surface area contributed by atoms with Gasteiger partial charge in [0, 0.05) is 12.0 Å². The van der Waals surface area contributed by atoms with Crippen LogP contribution in [0.1, 0.15) is 32.1 Å². The molecular formula is C14H19NO. The van der Waals surface area contributed by atoms with Crippen LogP contribution in [0.5, 0.6) is 0 Å². The standard InChI is InChI=1S/C14H19NO/c16-14-12-8-3-1-2-6-10(12)11-7-4-5-9-13(11)15-14/h1-3,6,10-13H,4-5,7-9H2,(H,15,16). The number of fused-ring (bicyclic) bond motifs is 3. The van der Waals surface area contributed by atoms with E-state index in [1.54, 1.807) is 0 Å². The van der Waals surface area contributed by atoms with Gasteiger partial charge in [-0.3, -0.25) is 4.79 Å². The number of amides is 1. The summed E-state index contributed by atoms with van der Waals surface area (Å²) < 4.78 is 0. The van der Waals surface area contributed by atoms with Crippen LogP contribution < -0.4 is 5.32 Å². The molecule has 1 N–H and O–H groups in total. The molecule has 3 aliphatic rings. The van der Waals surface area contributed by atoms with E-state index in [0.717, 1.165) is 6.42 Å². The largest absolute Gasteiger partial charge is 0.353 e. The van der Waals surface area contributed by atoms with Crippen LogP contribution in [0.4, 0.5) is 0 Å². The van der Waals surface area contributed by atoms with E-state index in [-0.39, 0.29) is 11.8 Å². The first kappa shape index (κ1) is 10.1. The van der Waals surface area contributed by atoms with Gasteiger partial charge in [-0.15, -0.1) is 0 Å². The number of hydrogen-bond acceptors (Lipinski definition) is 1. The predicted molar refractivity (Wildman–Crippen MR) is 63.8 cm³/mol. The first-order valence-corrected chi connectivity index (χ1v) is 6.50. The first-order chi connectivity index (χ1) is 7.86. The van der Waals surface area contributed by atoms with Crippen molar-refractivity contribution in [2.75, 3.05) is 0 Å². The lowest BCUT2D eigenvalue weighted by molar-refractivity contribution is -0.132. The maximum absolute atomic E-state index is 12.1. The molecular weight excluding hydrogens is 198 g/mol. The number of carbonyl (C=O) groups excluding carboxylic acids is 1. The Labute approximate surface area is 96.8 Å². The summed E-state index contributed by atoms with van der Waals surface area (Å²) in [6.45, 7) is 0. The van der Waals surface area contributed by atoms with Gasteiger partial charge in [0.15, 0.2) is 0 Å². The molecule has 1 saturated heterocycles. The molecule has 4 atom stereocenters. The van der Waals surface area contributed by atoms with Crippen LogP contribution in [-0.2, 0) is 4.79 Å². The van der Waals surface area contributed by atoms with Crippen molar-refractivity contribution in [3.8, 4) is 0 Å². The maximum Gasteiger partial charge on any atom is 0.224 e. The summed E-state index contributed by atoms with van der Waals surface area (Å²) in [5.41, 5.74) is 0. The molecule has 1 heterocycles. The fraction of sp³-hybridized carbons (Fsp3) is 0.643. The molecule has 0 spiro atoms. The molecule has 2 nitrogen and oxygen atoms in total. The molecule has 1 amide bonds. The normalized spacial score (nSPS) is 41.9. The molecule has 0 aromatic heterocycles. The lowest BCUT2D eigenvalue weighted by atomic mass is 9.68. The summed E-state index contributed by atoms with van der Waals surface area (Å²) in [5, 5.41) is 3.24. The summed E-state index contributed by atoms with van der Waals surface area (Å²) in [5.74, 6) is 1.64. The minimum absolute atomic E-state index is 0.189. The highest BCUT2D eigenvalue weighted by Crippen LogP contribution is 2.40. The second kappa shape index (κ2) is 4.08. The first-order valence-electron chi connectivity index (χ1n) is 6.50. The molecule has 0 aromatic rings. The Hall–Kier alpha value is -1.05. The van der Waals surface area contributed by atoms with Gasteiger partial charge < -0.3 is 5.32 Å². The monoisotopic (exact) mass is 217 g/mol. The van der Waals surface area contributed by atoms with Crippen molar-refractivity contribution >= 4 is 5.91 Å². The van der Waals surface area contributed by atoms with Crippen LogP contribution in [0.3, 0.4) is 0 Å². The third-order valence-electron chi connectivity index (χ3n) is 4.41. The van der Waals surface area contributed by atoms with Crippen LogP contribution in [-0.4, -0.2) is 11.9 Å². The SMILES string of the molecule is O=C1NC2CCCCC2C2C=CC=CCC12. The highest BCUT2D eigenvalue weighted by atomic mass is 16.2. The number of piperidine rings is 1. The van der Waals surface area contributed by atoms with E-state index in [0.29, 0.717) is 17.9 Å². The Bertz CT molecular complexity index is 345. The molecule has 2 fully saturated rings. The van der Waals surface area contributed by atoms with Gasteiger partial charge >= 0.3 is 0 Å². The molecule has 0 aromatic carbocycles. The zero-order valence-corrected chi connectivity index (χ0v) is 9.56. The number of carbonyl (C=O) groups is 1. The van der Waals surface area contributed by atoms with E-state index in [1.807, 2.05) is 0 Å². The summed E-state index contributed by atoms with van der Waals surface area (Å²) in [4.78, 5) is 12.1. The summed E-state index contributed by atoms with van der Waals surface area (Å²) in [7, 11) is 0. The molecule has 16 heavy (non-hydrogen) atoms. The Morgan fingerprint density at radius 3 is 3.00 bits per heavy atom. The molecule has 3 rings (SSSR count). The summed E-state index contributed by atoms with van der Waals surface area (Å²) in [6.07, 6.45) is 14.6. The van der Waals surface area contributed by atoms with Crippen LogP contribution in [0.15, 0.2) is 24.3 Å². The highest BCUT2D eigenvalue weighted by molar-refractivity contribution is 5.81. The van der Waals surface area contributed by atoms with Crippen molar-refractivity contribution in [3.05, 3.63) is 24.3 Å². The van der Waals surface area contributed by atoms with E-state index < -0.39 is 0 Å². The number of hydrogen-bond donors (Lipinski definition) is 1. The Morgan fingerprint density at radius 2 is 2.06 bits per heavy atom. The zero-order valence-electron chi connectivity index (χ0n) is 9.56. The molecule has 0 radical (unpaired) electrons. The second-order valence-electron chi connectivity index (χ2n) is 5.30. The van der Waals surface area contributed by atoms with E-state index in [9.17, 15) is 4.79 Å². The molecule has 1 aliphatic heterocycles. The average molecular weight is 217 g/mol. The van der Waals surface area contributed by atoms with Crippen molar-refractivity contribution < 1.29 is 4.79 Å². The highest BCUT2D eigenvalue weighted by Gasteiger charge is 2.42. The third-order valence-corrected chi connectivity index (χ3v) is 4.41. The predicted octanol–water partition coefficient (Wildman–Crippen LogP) is 2.42. The van der Waals surface area contributed by atoms with E-state index >= 15 is 0 Å². The summed E-state index contributed by atoms with van der Waals surface area (Å²) >= 11 is 0. The van der Waals surface area contributed by atoms with Gasteiger partial charge in [-0.25, -0.2) is 0 Å². The Balaban J connectivity index is 1.89. The van der Waals surface area contributed by atoms with Crippen molar-refractivity contribution in [2.24, 2.45) is 17.8 Å². The van der Waals surface area contributed by atoms with E-state index in [1.165, 1.54) is 25.7 Å². The van der Waals surface area contributed by atoms with Crippen LogP contribution >= 0.6 is 0 Å². The quantitative estimate of drug-likeness (QED) is 0.663. The molecule has 2 heteroatoms. The smallest absolute Gasteiger partial charge is 0.224 e.